The molecule has 94 valence electrons. The molecule has 0 amide bonds. The first-order valence-corrected chi connectivity index (χ1v) is 8.71. The van der Waals surface area contributed by atoms with Crippen LogP contribution in [-0.4, -0.2) is 5.11 Å². The summed E-state index contributed by atoms with van der Waals surface area (Å²) in [5.41, 5.74) is 1.64. The molecule has 0 heterocycles. The van der Waals surface area contributed by atoms with Gasteiger partial charge in [0.05, 0.1) is 0 Å². The van der Waals surface area contributed by atoms with Gasteiger partial charge in [0.1, 0.15) is 5.75 Å². The zero-order chi connectivity index (χ0) is 13.4. The summed E-state index contributed by atoms with van der Waals surface area (Å²) < 4.78 is 4.41. The third-order valence-electron chi connectivity index (χ3n) is 2.38. The predicted molar refractivity (Wildman–Crippen MR) is 92.0 cm³/mol. The molecule has 2 aromatic rings. The Balaban J connectivity index is 2.85. The molecule has 0 aliphatic carbocycles. The molecule has 18 heavy (non-hydrogen) atoms. The highest BCUT2D eigenvalue weighted by molar-refractivity contribution is 9.15. The summed E-state index contributed by atoms with van der Waals surface area (Å²) >= 11 is 17.6. The lowest BCUT2D eigenvalue weighted by molar-refractivity contribution is 0.477. The van der Waals surface area contributed by atoms with Crippen molar-refractivity contribution < 1.29 is 5.11 Å². The molecular formula is C12H5Br5O. The molecule has 2 aromatic carbocycles. The molecule has 2 rings (SSSR count). The number of phenolic OH excluding ortho intramolecular Hbond substituents is 1. The van der Waals surface area contributed by atoms with Gasteiger partial charge in [-0.2, -0.15) is 0 Å². The second-order valence-corrected chi connectivity index (χ2v) is 7.43. The summed E-state index contributed by atoms with van der Waals surface area (Å²) in [5.74, 6) is 0.236. The van der Waals surface area contributed by atoms with Crippen molar-refractivity contribution in [2.24, 2.45) is 0 Å². The molecule has 1 N–H and O–H groups in total. The quantitative estimate of drug-likeness (QED) is 0.296. The smallest absolute Gasteiger partial charge is 0.123 e. The van der Waals surface area contributed by atoms with E-state index < -0.39 is 0 Å². The Kier molecular flexibility index (Phi) is 4.97. The number of para-hydroxylation sites is 1. The summed E-state index contributed by atoms with van der Waals surface area (Å²) in [6.07, 6.45) is 0. The minimum Gasteiger partial charge on any atom is -0.507 e. The van der Waals surface area contributed by atoms with Crippen LogP contribution in [0.1, 0.15) is 0 Å². The lowest BCUT2D eigenvalue weighted by atomic mass is 10.1. The van der Waals surface area contributed by atoms with Crippen molar-refractivity contribution in [2.45, 2.75) is 0 Å². The number of hydrogen-bond donors (Lipinski definition) is 1. The van der Waals surface area contributed by atoms with Crippen LogP contribution in [0.25, 0.3) is 11.1 Å². The first-order valence-electron chi connectivity index (χ1n) is 4.75. The van der Waals surface area contributed by atoms with Gasteiger partial charge in [-0.25, -0.2) is 0 Å². The predicted octanol–water partition coefficient (Wildman–Crippen LogP) is 6.87. The van der Waals surface area contributed by atoms with Gasteiger partial charge in [0, 0.05) is 33.5 Å². The molecule has 0 unspecified atom stereocenters. The molecule has 0 atom stereocenters. The summed E-state index contributed by atoms with van der Waals surface area (Å²) in [7, 11) is 0. The van der Waals surface area contributed by atoms with Crippen molar-refractivity contribution in [3.63, 3.8) is 0 Å². The van der Waals surface area contributed by atoms with Crippen LogP contribution in [0.2, 0.25) is 0 Å². The molecule has 0 fully saturated rings. The fraction of sp³-hybridized carbons (Fsp3) is 0. The third-order valence-corrected chi connectivity index (χ3v) is 8.48. The first-order chi connectivity index (χ1) is 8.45. The third kappa shape index (κ3) is 2.59. The largest absolute Gasteiger partial charge is 0.507 e. The van der Waals surface area contributed by atoms with Gasteiger partial charge in [0.25, 0.3) is 0 Å². The lowest BCUT2D eigenvalue weighted by Crippen LogP contribution is -1.88. The average Bonchev–Trinajstić information content (AvgIpc) is 2.36. The van der Waals surface area contributed by atoms with Gasteiger partial charge in [0.2, 0.25) is 0 Å². The highest BCUT2D eigenvalue weighted by atomic mass is 79.9. The maximum atomic E-state index is 9.98. The molecule has 0 saturated heterocycles. The van der Waals surface area contributed by atoms with Crippen molar-refractivity contribution in [1.29, 1.82) is 0 Å². The van der Waals surface area contributed by atoms with Gasteiger partial charge in [-0.15, -0.1) is 0 Å². The number of hydrogen-bond acceptors (Lipinski definition) is 1. The van der Waals surface area contributed by atoms with Crippen molar-refractivity contribution in [1.82, 2.24) is 0 Å². The minimum atomic E-state index is 0.236. The zero-order valence-electron chi connectivity index (χ0n) is 8.65. The zero-order valence-corrected chi connectivity index (χ0v) is 16.6. The van der Waals surface area contributed by atoms with E-state index >= 15 is 0 Å². The SMILES string of the molecule is Oc1ccccc1-c1c(Br)c(Br)c(Br)c(Br)c1Br. The normalized spacial score (nSPS) is 10.7. The average molecular weight is 565 g/mol. The highest BCUT2D eigenvalue weighted by Gasteiger charge is 2.20. The van der Waals surface area contributed by atoms with Gasteiger partial charge in [-0.1, -0.05) is 18.2 Å². The number of aromatic hydroxyl groups is 1. The fourth-order valence-corrected chi connectivity index (χ4v) is 5.00. The van der Waals surface area contributed by atoms with Crippen LogP contribution in [0.3, 0.4) is 0 Å². The maximum Gasteiger partial charge on any atom is 0.123 e. The second-order valence-electron chi connectivity index (χ2n) is 3.46. The van der Waals surface area contributed by atoms with Crippen LogP contribution in [0.15, 0.2) is 46.6 Å². The van der Waals surface area contributed by atoms with E-state index in [1.807, 2.05) is 12.1 Å². The van der Waals surface area contributed by atoms with Crippen LogP contribution in [0, 0.1) is 0 Å². The van der Waals surface area contributed by atoms with Crippen molar-refractivity contribution in [3.05, 3.63) is 46.6 Å². The number of benzene rings is 2. The Morgan fingerprint density at radius 3 is 1.61 bits per heavy atom. The molecular weight excluding hydrogens is 560 g/mol. The van der Waals surface area contributed by atoms with Crippen LogP contribution < -0.4 is 0 Å². The van der Waals surface area contributed by atoms with Crippen molar-refractivity contribution >= 4 is 79.6 Å². The molecule has 6 heteroatoms. The second kappa shape index (κ2) is 5.95. The Labute approximate surface area is 147 Å². The van der Waals surface area contributed by atoms with E-state index in [0.29, 0.717) is 0 Å². The Hall–Kier alpha value is 0.640. The van der Waals surface area contributed by atoms with E-state index in [1.165, 1.54) is 0 Å². The molecule has 0 spiro atoms. The van der Waals surface area contributed by atoms with Crippen LogP contribution in [0.4, 0.5) is 0 Å². The molecule has 0 radical (unpaired) electrons. The first kappa shape index (κ1) is 15.0. The fourth-order valence-electron chi connectivity index (χ4n) is 1.53. The Morgan fingerprint density at radius 1 is 0.667 bits per heavy atom. The lowest BCUT2D eigenvalue weighted by Gasteiger charge is -2.14. The monoisotopic (exact) mass is 560 g/mol. The van der Waals surface area contributed by atoms with Crippen LogP contribution in [0.5, 0.6) is 5.75 Å². The van der Waals surface area contributed by atoms with Crippen molar-refractivity contribution in [3.8, 4) is 16.9 Å². The van der Waals surface area contributed by atoms with Crippen LogP contribution in [-0.2, 0) is 0 Å². The molecule has 0 bridgehead atoms. The number of halogens is 5. The van der Waals surface area contributed by atoms with Crippen molar-refractivity contribution in [2.75, 3.05) is 0 Å². The molecule has 0 aromatic heterocycles. The number of rotatable bonds is 1. The summed E-state index contributed by atoms with van der Waals surface area (Å²) in [6.45, 7) is 0. The molecule has 0 aliphatic rings. The highest BCUT2D eigenvalue weighted by Crippen LogP contribution is 2.50. The van der Waals surface area contributed by atoms with E-state index in [9.17, 15) is 5.11 Å². The molecule has 0 aliphatic heterocycles. The molecule has 0 saturated carbocycles. The van der Waals surface area contributed by atoms with E-state index in [2.05, 4.69) is 79.6 Å². The van der Waals surface area contributed by atoms with E-state index in [1.54, 1.807) is 12.1 Å². The van der Waals surface area contributed by atoms with E-state index in [0.717, 1.165) is 33.5 Å². The van der Waals surface area contributed by atoms with Gasteiger partial charge in [-0.05, 0) is 85.7 Å². The maximum absolute atomic E-state index is 9.98. The standard InChI is InChI=1S/C12H5Br5O/c13-8-7(5-3-1-2-4-6(5)18)9(14)11(16)12(17)10(8)15/h1-4,18H. The Morgan fingerprint density at radius 2 is 1.11 bits per heavy atom. The van der Waals surface area contributed by atoms with Gasteiger partial charge in [0.15, 0.2) is 0 Å². The Bertz CT molecular complexity index is 595. The van der Waals surface area contributed by atoms with Gasteiger partial charge in [-0.3, -0.25) is 0 Å². The molecule has 1 nitrogen and oxygen atoms in total. The van der Waals surface area contributed by atoms with E-state index in [4.69, 9.17) is 0 Å². The minimum absolute atomic E-state index is 0.236. The summed E-state index contributed by atoms with van der Waals surface area (Å²) in [5, 5.41) is 9.98. The summed E-state index contributed by atoms with van der Waals surface area (Å²) in [6, 6.07) is 7.21. The summed E-state index contributed by atoms with van der Waals surface area (Å²) in [4.78, 5) is 0. The topological polar surface area (TPSA) is 20.2 Å². The van der Waals surface area contributed by atoms with Gasteiger partial charge >= 0.3 is 0 Å². The van der Waals surface area contributed by atoms with Crippen LogP contribution >= 0.6 is 79.6 Å². The number of phenols is 1. The van der Waals surface area contributed by atoms with Gasteiger partial charge < -0.3 is 5.11 Å². The van der Waals surface area contributed by atoms with E-state index in [-0.39, 0.29) is 5.75 Å².